The van der Waals surface area contributed by atoms with Crippen LogP contribution >= 0.6 is 0 Å². The van der Waals surface area contributed by atoms with Crippen molar-refractivity contribution in [3.63, 3.8) is 0 Å². The topological polar surface area (TPSA) is 88.3 Å². The Labute approximate surface area is 182 Å². The summed E-state index contributed by atoms with van der Waals surface area (Å²) in [6.45, 7) is 2.04. The second-order valence-corrected chi connectivity index (χ2v) is 7.92. The average Bonchev–Trinajstić information content (AvgIpc) is 3.21. The molecular weight excluding hydrogens is 388 g/mol. The van der Waals surface area contributed by atoms with Gasteiger partial charge in [0.05, 0.1) is 0 Å². The van der Waals surface area contributed by atoms with Crippen LogP contribution in [0.2, 0.25) is 0 Å². The molecule has 158 valence electrons. The van der Waals surface area contributed by atoms with Crippen LogP contribution in [0, 0.1) is 0 Å². The number of fused-ring (bicyclic) bond motifs is 1. The Balaban J connectivity index is 1.41. The van der Waals surface area contributed by atoms with Crippen molar-refractivity contribution in [2.24, 2.45) is 5.73 Å². The largest absolute Gasteiger partial charge is 0.337 e. The van der Waals surface area contributed by atoms with Gasteiger partial charge in [-0.2, -0.15) is 0 Å². The van der Waals surface area contributed by atoms with Gasteiger partial charge in [0.15, 0.2) is 0 Å². The highest BCUT2D eigenvalue weighted by atomic mass is 16.2. The third-order valence-corrected chi connectivity index (χ3v) is 5.81. The fraction of sp³-hybridized carbons (Fsp3) is 0.240. The fourth-order valence-electron chi connectivity index (χ4n) is 4.13. The van der Waals surface area contributed by atoms with Gasteiger partial charge in [0.25, 0.3) is 5.91 Å². The number of anilines is 1. The van der Waals surface area contributed by atoms with Crippen LogP contribution in [0.4, 0.5) is 5.69 Å². The lowest BCUT2D eigenvalue weighted by molar-refractivity contribution is -0.131. The lowest BCUT2D eigenvalue weighted by Crippen LogP contribution is -2.43. The first-order chi connectivity index (χ1) is 15.0. The molecule has 31 heavy (non-hydrogen) atoms. The van der Waals surface area contributed by atoms with Crippen molar-refractivity contribution in [1.29, 1.82) is 0 Å². The number of hydrogen-bond acceptors (Lipinski definition) is 4. The molecule has 1 aliphatic rings. The lowest BCUT2D eigenvalue weighted by atomic mass is 10.0. The van der Waals surface area contributed by atoms with E-state index in [9.17, 15) is 9.59 Å². The van der Waals surface area contributed by atoms with Crippen molar-refractivity contribution in [2.45, 2.75) is 31.8 Å². The summed E-state index contributed by atoms with van der Waals surface area (Å²) in [5.41, 5.74) is 11.2. The molecule has 2 aromatic carbocycles. The predicted molar refractivity (Wildman–Crippen MR) is 121 cm³/mol. The first-order valence-electron chi connectivity index (χ1n) is 10.4. The van der Waals surface area contributed by atoms with Crippen molar-refractivity contribution in [2.75, 3.05) is 11.9 Å². The monoisotopic (exact) mass is 414 g/mol. The number of carbonyl (C=O) groups is 2. The quantitative estimate of drug-likeness (QED) is 0.647. The zero-order valence-corrected chi connectivity index (χ0v) is 17.5. The highest BCUT2D eigenvalue weighted by Crippen LogP contribution is 2.27. The molecular formula is C25H26N4O2. The minimum atomic E-state index is -0.329. The number of aromatic nitrogens is 1. The molecule has 1 heterocycles. The summed E-state index contributed by atoms with van der Waals surface area (Å²) in [7, 11) is 0. The maximum absolute atomic E-state index is 12.4. The second kappa shape index (κ2) is 9.10. The first kappa shape index (κ1) is 20.8. The molecule has 0 bridgehead atoms. The van der Waals surface area contributed by atoms with E-state index >= 15 is 0 Å². The molecule has 0 aliphatic heterocycles. The van der Waals surface area contributed by atoms with E-state index in [1.165, 1.54) is 11.1 Å². The van der Waals surface area contributed by atoms with Crippen LogP contribution in [-0.4, -0.2) is 34.3 Å². The molecule has 0 saturated heterocycles. The molecule has 1 aromatic heterocycles. The number of benzene rings is 2. The van der Waals surface area contributed by atoms with E-state index in [1.54, 1.807) is 43.6 Å². The Hall–Kier alpha value is -3.51. The van der Waals surface area contributed by atoms with Crippen LogP contribution in [0.25, 0.3) is 0 Å². The third-order valence-electron chi connectivity index (χ3n) is 5.81. The molecule has 3 N–H and O–H groups in total. The number of carbonyl (C=O) groups excluding carboxylic acids is 2. The molecule has 6 nitrogen and oxygen atoms in total. The Morgan fingerprint density at radius 1 is 1.03 bits per heavy atom. The molecule has 4 rings (SSSR count). The molecule has 2 amide bonds. The van der Waals surface area contributed by atoms with E-state index in [4.69, 9.17) is 5.73 Å². The Morgan fingerprint density at radius 2 is 1.65 bits per heavy atom. The van der Waals surface area contributed by atoms with Gasteiger partial charge in [-0.25, -0.2) is 0 Å². The highest BCUT2D eigenvalue weighted by molar-refractivity contribution is 6.04. The number of nitrogens with two attached hydrogens (primary N) is 1. The zero-order valence-electron chi connectivity index (χ0n) is 17.5. The van der Waals surface area contributed by atoms with Crippen molar-refractivity contribution < 1.29 is 9.59 Å². The maximum Gasteiger partial charge on any atom is 0.255 e. The van der Waals surface area contributed by atoms with Gasteiger partial charge < -0.3 is 16.0 Å². The van der Waals surface area contributed by atoms with E-state index in [0.717, 1.165) is 18.4 Å². The Bertz CT molecular complexity index is 1040. The summed E-state index contributed by atoms with van der Waals surface area (Å²) < 4.78 is 0. The number of amides is 2. The van der Waals surface area contributed by atoms with Crippen molar-refractivity contribution in [1.82, 2.24) is 9.88 Å². The van der Waals surface area contributed by atoms with Gasteiger partial charge in [-0.1, -0.05) is 36.4 Å². The normalized spacial score (nSPS) is 14.0. The van der Waals surface area contributed by atoms with Crippen LogP contribution in [0.5, 0.6) is 0 Å². The van der Waals surface area contributed by atoms with Crippen LogP contribution in [0.1, 0.15) is 40.0 Å². The molecule has 0 saturated carbocycles. The van der Waals surface area contributed by atoms with Crippen molar-refractivity contribution >= 4 is 17.5 Å². The second-order valence-electron chi connectivity index (χ2n) is 7.92. The van der Waals surface area contributed by atoms with Crippen LogP contribution in [0.3, 0.4) is 0 Å². The zero-order chi connectivity index (χ0) is 21.8. The summed E-state index contributed by atoms with van der Waals surface area (Å²) in [5, 5.41) is 2.84. The standard InChI is InChI=1S/C25H26N4O2/c1-17(30)29(23-14-20-4-2-3-5-21(20)15-23)16-24(26)18-6-8-19(9-7-18)25(31)28-22-10-12-27-13-11-22/h2-13,23-24H,14-16,26H2,1H3,(H,27,28,31). The van der Waals surface area contributed by atoms with Gasteiger partial charge in [0, 0.05) is 49.2 Å². The summed E-state index contributed by atoms with van der Waals surface area (Å²) in [6.07, 6.45) is 4.97. The summed E-state index contributed by atoms with van der Waals surface area (Å²) >= 11 is 0. The number of pyridine rings is 1. The number of nitrogens with one attached hydrogen (secondary N) is 1. The molecule has 3 aromatic rings. The average molecular weight is 415 g/mol. The molecule has 1 aliphatic carbocycles. The summed E-state index contributed by atoms with van der Waals surface area (Å²) in [5.74, 6) is -0.165. The van der Waals surface area contributed by atoms with Gasteiger partial charge in [0.1, 0.15) is 0 Å². The maximum atomic E-state index is 12.4. The van der Waals surface area contributed by atoms with Gasteiger partial charge in [-0.3, -0.25) is 14.6 Å². The minimum absolute atomic E-state index is 0.0293. The van der Waals surface area contributed by atoms with E-state index in [-0.39, 0.29) is 23.9 Å². The molecule has 0 fully saturated rings. The van der Waals surface area contributed by atoms with E-state index in [0.29, 0.717) is 17.8 Å². The number of nitrogens with zero attached hydrogens (tertiary/aromatic N) is 2. The smallest absolute Gasteiger partial charge is 0.255 e. The summed E-state index contributed by atoms with van der Waals surface area (Å²) in [6, 6.07) is 18.8. The van der Waals surface area contributed by atoms with Gasteiger partial charge in [-0.05, 0) is 53.8 Å². The van der Waals surface area contributed by atoms with Crippen molar-refractivity contribution in [3.05, 3.63) is 95.3 Å². The lowest BCUT2D eigenvalue weighted by Gasteiger charge is -2.30. The van der Waals surface area contributed by atoms with Gasteiger partial charge >= 0.3 is 0 Å². The van der Waals surface area contributed by atoms with Gasteiger partial charge in [0.2, 0.25) is 5.91 Å². The van der Waals surface area contributed by atoms with Gasteiger partial charge in [-0.15, -0.1) is 0 Å². The van der Waals surface area contributed by atoms with Crippen molar-refractivity contribution in [3.8, 4) is 0 Å². The fourth-order valence-corrected chi connectivity index (χ4v) is 4.13. The van der Waals surface area contributed by atoms with Crippen LogP contribution < -0.4 is 11.1 Å². The minimum Gasteiger partial charge on any atom is -0.337 e. The predicted octanol–water partition coefficient (Wildman–Crippen LogP) is 3.35. The SMILES string of the molecule is CC(=O)N(CC(N)c1ccc(C(=O)Nc2ccncc2)cc1)C1Cc2ccccc2C1. The third kappa shape index (κ3) is 4.81. The van der Waals surface area contributed by atoms with E-state index in [1.807, 2.05) is 29.2 Å². The Kier molecular flexibility index (Phi) is 6.09. The molecule has 0 spiro atoms. The molecule has 1 unspecified atom stereocenters. The summed E-state index contributed by atoms with van der Waals surface area (Å²) in [4.78, 5) is 30.6. The van der Waals surface area contributed by atoms with E-state index < -0.39 is 0 Å². The molecule has 0 radical (unpaired) electrons. The van der Waals surface area contributed by atoms with Crippen LogP contribution in [-0.2, 0) is 17.6 Å². The molecule has 1 atom stereocenters. The molecule has 6 heteroatoms. The highest BCUT2D eigenvalue weighted by Gasteiger charge is 2.29. The van der Waals surface area contributed by atoms with Crippen LogP contribution in [0.15, 0.2) is 73.1 Å². The Morgan fingerprint density at radius 3 is 2.23 bits per heavy atom. The first-order valence-corrected chi connectivity index (χ1v) is 10.4. The number of rotatable bonds is 6. The number of hydrogen-bond donors (Lipinski definition) is 2. The van der Waals surface area contributed by atoms with E-state index in [2.05, 4.69) is 22.4 Å².